The lowest BCUT2D eigenvalue weighted by Gasteiger charge is -2.33. The number of morpholine rings is 1. The summed E-state index contributed by atoms with van der Waals surface area (Å²) in [5, 5.41) is 4.07. The van der Waals surface area contributed by atoms with E-state index in [9.17, 15) is 4.79 Å². The first-order valence-corrected chi connectivity index (χ1v) is 11.3. The fourth-order valence-electron chi connectivity index (χ4n) is 3.68. The molecule has 0 bridgehead atoms. The van der Waals surface area contributed by atoms with Crippen LogP contribution >= 0.6 is 23.2 Å². The maximum Gasteiger partial charge on any atom is 0.226 e. The molecule has 2 aromatic carbocycles. The number of carbonyl (C=O) groups excluding carboxylic acids is 1. The predicted octanol–water partition coefficient (Wildman–Crippen LogP) is 4.52. The van der Waals surface area contributed by atoms with Gasteiger partial charge in [-0.2, -0.15) is 0 Å². The quantitative estimate of drug-likeness (QED) is 0.546. The first-order valence-electron chi connectivity index (χ1n) is 10.5. The van der Waals surface area contributed by atoms with E-state index in [1.165, 1.54) is 0 Å². The van der Waals surface area contributed by atoms with E-state index in [2.05, 4.69) is 15.2 Å². The van der Waals surface area contributed by atoms with Crippen LogP contribution in [0.25, 0.3) is 11.5 Å². The van der Waals surface area contributed by atoms with E-state index in [0.717, 1.165) is 30.8 Å². The highest BCUT2D eigenvalue weighted by Crippen LogP contribution is 2.24. The molecule has 1 saturated heterocycles. The van der Waals surface area contributed by atoms with Crippen molar-refractivity contribution in [3.8, 4) is 11.5 Å². The fourth-order valence-corrected chi connectivity index (χ4v) is 4.00. The molecule has 2 heterocycles. The second kappa shape index (κ2) is 10.5. The number of nitrogens with zero attached hydrogens (tertiary/aromatic N) is 2. The highest BCUT2D eigenvalue weighted by atomic mass is 35.5. The van der Waals surface area contributed by atoms with E-state index in [4.69, 9.17) is 32.4 Å². The van der Waals surface area contributed by atoms with E-state index in [1.54, 1.807) is 0 Å². The molecule has 1 fully saturated rings. The Balaban J connectivity index is 1.27. The molecular formula is C24H25Cl2N3O3. The van der Waals surface area contributed by atoms with Crippen LogP contribution in [0.1, 0.15) is 17.0 Å². The van der Waals surface area contributed by atoms with Gasteiger partial charge in [-0.05, 0) is 36.8 Å². The number of aromatic nitrogens is 1. The lowest BCUT2D eigenvalue weighted by Crippen LogP contribution is -2.47. The Kier molecular flexibility index (Phi) is 7.48. The van der Waals surface area contributed by atoms with Crippen LogP contribution < -0.4 is 5.32 Å². The summed E-state index contributed by atoms with van der Waals surface area (Å²) >= 11 is 12.1. The van der Waals surface area contributed by atoms with Crippen molar-refractivity contribution in [1.29, 1.82) is 0 Å². The molecular weight excluding hydrogens is 449 g/mol. The van der Waals surface area contributed by atoms with Gasteiger partial charge in [0.1, 0.15) is 5.76 Å². The Morgan fingerprint density at radius 1 is 1.19 bits per heavy atom. The maximum absolute atomic E-state index is 12.5. The summed E-state index contributed by atoms with van der Waals surface area (Å²) in [5.74, 6) is 1.08. The molecule has 1 aromatic heterocycles. The molecule has 168 valence electrons. The van der Waals surface area contributed by atoms with Crippen LogP contribution in [0, 0.1) is 6.92 Å². The molecule has 1 unspecified atom stereocenters. The van der Waals surface area contributed by atoms with Gasteiger partial charge in [-0.25, -0.2) is 4.98 Å². The van der Waals surface area contributed by atoms with Crippen molar-refractivity contribution in [3.63, 3.8) is 0 Å². The minimum Gasteiger partial charge on any atom is -0.441 e. The molecule has 6 nitrogen and oxygen atoms in total. The Hall–Kier alpha value is -2.38. The van der Waals surface area contributed by atoms with Crippen LogP contribution in [-0.4, -0.2) is 48.1 Å². The number of nitrogens with one attached hydrogen (secondary N) is 1. The first-order chi connectivity index (χ1) is 15.5. The molecule has 1 amide bonds. The minimum atomic E-state index is -0.105. The van der Waals surface area contributed by atoms with Crippen LogP contribution in [-0.2, 0) is 22.5 Å². The van der Waals surface area contributed by atoms with Crippen molar-refractivity contribution in [3.05, 3.63) is 75.6 Å². The third-order valence-electron chi connectivity index (χ3n) is 5.38. The number of hydrogen-bond acceptors (Lipinski definition) is 5. The SMILES string of the molecule is Cc1oc(-c2ccccc2)nc1CC(=O)NCC1CN(Cc2ccc(Cl)c(Cl)c2)CCO1. The van der Waals surface area contributed by atoms with Gasteiger partial charge in [0.05, 0.1) is 34.9 Å². The van der Waals surface area contributed by atoms with Crippen molar-refractivity contribution in [1.82, 2.24) is 15.2 Å². The number of aryl methyl sites for hydroxylation is 1. The topological polar surface area (TPSA) is 67.6 Å². The van der Waals surface area contributed by atoms with Crippen molar-refractivity contribution in [2.45, 2.75) is 26.0 Å². The zero-order valence-electron chi connectivity index (χ0n) is 17.8. The molecule has 0 saturated carbocycles. The summed E-state index contributed by atoms with van der Waals surface area (Å²) in [4.78, 5) is 19.3. The molecule has 1 aliphatic heterocycles. The third-order valence-corrected chi connectivity index (χ3v) is 6.12. The number of oxazole rings is 1. The number of ether oxygens (including phenoxy) is 1. The van der Waals surface area contributed by atoms with Crippen LogP contribution in [0.2, 0.25) is 10.0 Å². The Morgan fingerprint density at radius 2 is 2.00 bits per heavy atom. The van der Waals surface area contributed by atoms with Gasteiger partial charge < -0.3 is 14.5 Å². The van der Waals surface area contributed by atoms with Crippen molar-refractivity contribution in [2.75, 3.05) is 26.2 Å². The zero-order valence-corrected chi connectivity index (χ0v) is 19.3. The second-order valence-electron chi connectivity index (χ2n) is 7.85. The van der Waals surface area contributed by atoms with E-state index >= 15 is 0 Å². The molecule has 8 heteroatoms. The van der Waals surface area contributed by atoms with Gasteiger partial charge in [0, 0.05) is 31.7 Å². The van der Waals surface area contributed by atoms with Crippen molar-refractivity contribution < 1.29 is 13.9 Å². The fraction of sp³-hybridized carbons (Fsp3) is 0.333. The smallest absolute Gasteiger partial charge is 0.226 e. The van der Waals surface area contributed by atoms with Gasteiger partial charge >= 0.3 is 0 Å². The molecule has 1 N–H and O–H groups in total. The number of halogens is 2. The van der Waals surface area contributed by atoms with Crippen LogP contribution in [0.5, 0.6) is 0 Å². The van der Waals surface area contributed by atoms with E-state index < -0.39 is 0 Å². The van der Waals surface area contributed by atoms with Crippen molar-refractivity contribution in [2.24, 2.45) is 0 Å². The van der Waals surface area contributed by atoms with Gasteiger partial charge in [-0.3, -0.25) is 9.69 Å². The van der Waals surface area contributed by atoms with Crippen molar-refractivity contribution >= 4 is 29.1 Å². The monoisotopic (exact) mass is 473 g/mol. The number of carbonyl (C=O) groups is 1. The molecule has 3 aromatic rings. The van der Waals surface area contributed by atoms with E-state index in [-0.39, 0.29) is 18.4 Å². The molecule has 0 spiro atoms. The minimum absolute atomic E-state index is 0.0752. The summed E-state index contributed by atoms with van der Waals surface area (Å²) < 4.78 is 11.6. The standard InChI is InChI=1S/C24H25Cl2N3O3/c1-16-22(28-24(32-16)18-5-3-2-4-6-18)12-23(30)27-13-19-15-29(9-10-31-19)14-17-7-8-20(25)21(26)11-17/h2-8,11,19H,9-10,12-15H2,1H3,(H,27,30). The predicted molar refractivity (Wildman–Crippen MR) is 125 cm³/mol. The first kappa shape index (κ1) is 22.8. The number of rotatable bonds is 7. The molecule has 32 heavy (non-hydrogen) atoms. The molecule has 0 aliphatic carbocycles. The summed E-state index contributed by atoms with van der Waals surface area (Å²) in [7, 11) is 0. The highest BCUT2D eigenvalue weighted by molar-refractivity contribution is 6.42. The molecule has 0 radical (unpaired) electrons. The average Bonchev–Trinajstić information content (AvgIpc) is 3.16. The summed E-state index contributed by atoms with van der Waals surface area (Å²) in [6.07, 6.45) is 0.0933. The van der Waals surface area contributed by atoms with E-state index in [1.807, 2.05) is 55.5 Å². The zero-order chi connectivity index (χ0) is 22.5. The Bertz CT molecular complexity index is 1070. The van der Waals surface area contributed by atoms with Crippen LogP contribution in [0.4, 0.5) is 0 Å². The van der Waals surface area contributed by atoms with Crippen LogP contribution in [0.15, 0.2) is 52.9 Å². The van der Waals surface area contributed by atoms with Gasteiger partial charge in [-0.1, -0.05) is 47.5 Å². The lowest BCUT2D eigenvalue weighted by atomic mass is 10.2. The van der Waals surface area contributed by atoms with Gasteiger partial charge in [0.2, 0.25) is 11.8 Å². The maximum atomic E-state index is 12.5. The summed E-state index contributed by atoms with van der Waals surface area (Å²) in [6.45, 7) is 5.19. The highest BCUT2D eigenvalue weighted by Gasteiger charge is 2.22. The summed E-state index contributed by atoms with van der Waals surface area (Å²) in [6, 6.07) is 15.3. The largest absolute Gasteiger partial charge is 0.441 e. The third kappa shape index (κ3) is 5.90. The van der Waals surface area contributed by atoms with Gasteiger partial charge in [0.15, 0.2) is 0 Å². The molecule has 1 aliphatic rings. The van der Waals surface area contributed by atoms with Crippen LogP contribution in [0.3, 0.4) is 0 Å². The average molecular weight is 474 g/mol. The Labute approximate surface area is 197 Å². The number of benzene rings is 2. The lowest BCUT2D eigenvalue weighted by molar-refractivity contribution is -0.121. The second-order valence-corrected chi connectivity index (χ2v) is 8.66. The normalized spacial score (nSPS) is 16.8. The number of hydrogen-bond donors (Lipinski definition) is 1. The van der Waals surface area contributed by atoms with Gasteiger partial charge in [-0.15, -0.1) is 0 Å². The number of amides is 1. The Morgan fingerprint density at radius 3 is 2.78 bits per heavy atom. The van der Waals surface area contributed by atoms with E-state index in [0.29, 0.717) is 40.5 Å². The summed E-state index contributed by atoms with van der Waals surface area (Å²) in [5.41, 5.74) is 2.63. The molecule has 1 atom stereocenters. The molecule has 4 rings (SSSR count). The van der Waals surface area contributed by atoms with Gasteiger partial charge in [0.25, 0.3) is 0 Å².